The molecule has 11 heteroatoms. The molecule has 1 aromatic carbocycles. The van der Waals surface area contributed by atoms with Gasteiger partial charge in [0.1, 0.15) is 30.2 Å². The zero-order valence-electron chi connectivity index (χ0n) is 14.4. The van der Waals surface area contributed by atoms with Crippen molar-refractivity contribution in [3.63, 3.8) is 0 Å². The number of azide groups is 1. The van der Waals surface area contributed by atoms with Crippen LogP contribution in [-0.4, -0.2) is 49.5 Å². The van der Waals surface area contributed by atoms with Gasteiger partial charge in [0, 0.05) is 10.5 Å². The molecule has 2 aliphatic rings. The standard InChI is InChI=1S/C17H15N7O4/c18-23-22-14-11-15(20-7-19-14)24(8-21-11)16-13-12(10(6-25)26-16)27-17(28-13)9-4-2-1-3-5-9/h1-5,7-8,10,12-13,16-17,25H,6H2/t10-,12-,13-,16-,17-/m1/s1. The molecule has 0 spiro atoms. The molecule has 2 aromatic heterocycles. The monoisotopic (exact) mass is 381 g/mol. The van der Waals surface area contributed by atoms with Crippen LogP contribution in [0.5, 0.6) is 0 Å². The number of aliphatic hydroxyl groups is 1. The Balaban J connectivity index is 1.52. The first-order valence-corrected chi connectivity index (χ1v) is 8.65. The summed E-state index contributed by atoms with van der Waals surface area (Å²) in [5.41, 5.74) is 10.4. The summed E-state index contributed by atoms with van der Waals surface area (Å²) >= 11 is 0. The van der Waals surface area contributed by atoms with Crippen molar-refractivity contribution < 1.29 is 19.3 Å². The number of imidazole rings is 1. The fraction of sp³-hybridized carbons (Fsp3) is 0.353. The van der Waals surface area contributed by atoms with Crippen molar-refractivity contribution in [2.45, 2.75) is 30.8 Å². The lowest BCUT2D eigenvalue weighted by Gasteiger charge is -2.20. The minimum Gasteiger partial charge on any atom is -0.394 e. The first kappa shape index (κ1) is 17.0. The van der Waals surface area contributed by atoms with Crippen molar-refractivity contribution in [3.05, 3.63) is 59.0 Å². The van der Waals surface area contributed by atoms with Crippen molar-refractivity contribution in [2.24, 2.45) is 5.11 Å². The van der Waals surface area contributed by atoms with E-state index in [0.717, 1.165) is 5.56 Å². The minimum atomic E-state index is -0.616. The fourth-order valence-corrected chi connectivity index (χ4v) is 3.61. The Hall–Kier alpha value is -3.08. The second-order valence-electron chi connectivity index (χ2n) is 6.40. The number of hydrogen-bond acceptors (Lipinski definition) is 8. The van der Waals surface area contributed by atoms with Gasteiger partial charge in [-0.1, -0.05) is 30.3 Å². The molecule has 5 rings (SSSR count). The van der Waals surface area contributed by atoms with Gasteiger partial charge in [0.05, 0.1) is 12.9 Å². The van der Waals surface area contributed by atoms with Crippen molar-refractivity contribution in [1.29, 1.82) is 0 Å². The average molecular weight is 381 g/mol. The number of aliphatic hydroxyl groups excluding tert-OH is 1. The van der Waals surface area contributed by atoms with Gasteiger partial charge in [-0.3, -0.25) is 4.57 Å². The summed E-state index contributed by atoms with van der Waals surface area (Å²) in [4.78, 5) is 15.2. The van der Waals surface area contributed by atoms with E-state index in [4.69, 9.17) is 19.7 Å². The summed E-state index contributed by atoms with van der Waals surface area (Å²) < 4.78 is 19.8. The first-order chi connectivity index (χ1) is 13.8. The second-order valence-corrected chi connectivity index (χ2v) is 6.40. The molecule has 5 atom stereocenters. The summed E-state index contributed by atoms with van der Waals surface area (Å²) in [5, 5.41) is 13.3. The quantitative estimate of drug-likeness (QED) is 0.415. The van der Waals surface area contributed by atoms with Gasteiger partial charge in [-0.25, -0.2) is 15.0 Å². The second kappa shape index (κ2) is 6.82. The Bertz CT molecular complexity index is 1050. The van der Waals surface area contributed by atoms with E-state index in [1.54, 1.807) is 4.57 Å². The number of fused-ring (bicyclic) bond motifs is 2. The molecule has 0 aliphatic carbocycles. The van der Waals surface area contributed by atoms with Gasteiger partial charge in [0.25, 0.3) is 0 Å². The third-order valence-electron chi connectivity index (χ3n) is 4.85. The van der Waals surface area contributed by atoms with Crippen LogP contribution in [0.4, 0.5) is 5.82 Å². The van der Waals surface area contributed by atoms with Crippen LogP contribution in [0.25, 0.3) is 21.6 Å². The van der Waals surface area contributed by atoms with E-state index in [1.165, 1.54) is 12.7 Å². The van der Waals surface area contributed by atoms with Crippen molar-refractivity contribution >= 4 is 17.0 Å². The number of rotatable bonds is 4. The SMILES string of the molecule is [N-]=[N+]=Nc1ncnc2c1ncn2[C@@H]1O[C@H](CO)[C@H]2O[C@@H](c3ccccc3)O[C@H]21. The highest BCUT2D eigenvalue weighted by Crippen LogP contribution is 2.44. The van der Waals surface area contributed by atoms with Crippen LogP contribution in [0.2, 0.25) is 0 Å². The van der Waals surface area contributed by atoms with Gasteiger partial charge in [0.2, 0.25) is 0 Å². The predicted molar refractivity (Wildman–Crippen MR) is 94.1 cm³/mol. The highest BCUT2D eigenvalue weighted by Gasteiger charge is 2.53. The van der Waals surface area contributed by atoms with Crippen LogP contribution in [0.15, 0.2) is 48.1 Å². The van der Waals surface area contributed by atoms with Crippen LogP contribution in [0, 0.1) is 0 Å². The third kappa shape index (κ3) is 2.61. The Kier molecular flexibility index (Phi) is 4.15. The normalized spacial score (nSPS) is 29.0. The number of aromatic nitrogens is 4. The van der Waals surface area contributed by atoms with E-state index in [2.05, 4.69) is 25.0 Å². The summed E-state index contributed by atoms with van der Waals surface area (Å²) in [6.07, 6.45) is 0.165. The van der Waals surface area contributed by atoms with Crippen molar-refractivity contribution in [2.75, 3.05) is 6.61 Å². The van der Waals surface area contributed by atoms with Gasteiger partial charge < -0.3 is 19.3 Å². The summed E-state index contributed by atoms with van der Waals surface area (Å²) in [6.45, 7) is -0.214. The first-order valence-electron chi connectivity index (χ1n) is 8.65. The number of nitrogens with zero attached hydrogens (tertiary/aromatic N) is 7. The molecule has 11 nitrogen and oxygen atoms in total. The largest absolute Gasteiger partial charge is 0.394 e. The Morgan fingerprint density at radius 1 is 1.11 bits per heavy atom. The van der Waals surface area contributed by atoms with Gasteiger partial charge in [0.15, 0.2) is 24.0 Å². The molecule has 0 radical (unpaired) electrons. The maximum atomic E-state index is 9.75. The van der Waals surface area contributed by atoms with Crippen LogP contribution in [0.3, 0.4) is 0 Å². The molecule has 28 heavy (non-hydrogen) atoms. The maximum absolute atomic E-state index is 9.75. The summed E-state index contributed by atoms with van der Waals surface area (Å²) in [5.74, 6) is 0.130. The van der Waals surface area contributed by atoms with E-state index in [-0.39, 0.29) is 12.4 Å². The lowest BCUT2D eigenvalue weighted by molar-refractivity contribution is -0.153. The topological polar surface area (TPSA) is 140 Å². The molecule has 0 amide bonds. The molecule has 0 bridgehead atoms. The van der Waals surface area contributed by atoms with E-state index in [0.29, 0.717) is 11.2 Å². The third-order valence-corrected chi connectivity index (χ3v) is 4.85. The molecule has 1 N–H and O–H groups in total. The van der Waals surface area contributed by atoms with Gasteiger partial charge in [-0.05, 0) is 10.6 Å². The molecule has 4 heterocycles. The van der Waals surface area contributed by atoms with Crippen molar-refractivity contribution in [3.8, 4) is 0 Å². The highest BCUT2D eigenvalue weighted by molar-refractivity contribution is 5.80. The lowest BCUT2D eigenvalue weighted by atomic mass is 10.1. The molecule has 0 saturated carbocycles. The van der Waals surface area contributed by atoms with E-state index >= 15 is 0 Å². The molecule has 2 fully saturated rings. The number of hydrogen-bond donors (Lipinski definition) is 1. The summed E-state index contributed by atoms with van der Waals surface area (Å²) in [7, 11) is 0. The molecule has 142 valence electrons. The van der Waals surface area contributed by atoms with E-state index < -0.39 is 30.8 Å². The van der Waals surface area contributed by atoms with Gasteiger partial charge >= 0.3 is 0 Å². The molecular formula is C17H15N7O4. The number of ether oxygens (including phenoxy) is 3. The fourth-order valence-electron chi connectivity index (χ4n) is 3.61. The number of benzene rings is 1. The predicted octanol–water partition coefficient (Wildman–Crippen LogP) is 2.14. The Labute approximate surface area is 158 Å². The van der Waals surface area contributed by atoms with Crippen LogP contribution >= 0.6 is 0 Å². The zero-order chi connectivity index (χ0) is 19.1. The van der Waals surface area contributed by atoms with Crippen LogP contribution in [0.1, 0.15) is 18.1 Å². The maximum Gasteiger partial charge on any atom is 0.185 e. The average Bonchev–Trinajstić information content (AvgIpc) is 3.42. The van der Waals surface area contributed by atoms with E-state index in [1.807, 2.05) is 30.3 Å². The zero-order valence-corrected chi connectivity index (χ0v) is 14.4. The lowest BCUT2D eigenvalue weighted by Crippen LogP contribution is -2.30. The molecule has 3 aromatic rings. The summed E-state index contributed by atoms with van der Waals surface area (Å²) in [6, 6.07) is 9.57. The van der Waals surface area contributed by atoms with Gasteiger partial charge in [-0.15, -0.1) is 0 Å². The van der Waals surface area contributed by atoms with Crippen molar-refractivity contribution in [1.82, 2.24) is 19.5 Å². The Morgan fingerprint density at radius 3 is 2.71 bits per heavy atom. The Morgan fingerprint density at radius 2 is 1.93 bits per heavy atom. The molecule has 2 aliphatic heterocycles. The smallest absolute Gasteiger partial charge is 0.185 e. The molecular weight excluding hydrogens is 366 g/mol. The van der Waals surface area contributed by atoms with Crippen LogP contribution in [-0.2, 0) is 14.2 Å². The van der Waals surface area contributed by atoms with Crippen LogP contribution < -0.4 is 0 Å². The molecule has 0 unspecified atom stereocenters. The van der Waals surface area contributed by atoms with Gasteiger partial charge in [-0.2, -0.15) is 0 Å². The van der Waals surface area contributed by atoms with E-state index in [9.17, 15) is 5.11 Å². The molecule has 2 saturated heterocycles. The highest BCUT2D eigenvalue weighted by atomic mass is 16.8. The minimum absolute atomic E-state index is 0.130.